The molecule has 0 saturated carbocycles. The summed E-state index contributed by atoms with van der Waals surface area (Å²) in [5, 5.41) is 7.68. The number of pyridine rings is 1. The first-order valence-electron chi connectivity index (χ1n) is 12.9. The van der Waals surface area contributed by atoms with Crippen molar-refractivity contribution in [2.45, 2.75) is 32.5 Å². The number of halogens is 1. The fourth-order valence-corrected chi connectivity index (χ4v) is 5.00. The lowest BCUT2D eigenvalue weighted by atomic mass is 9.94. The summed E-state index contributed by atoms with van der Waals surface area (Å²) >= 11 is 0. The largest absolute Gasteiger partial charge is 0.496 e. The Kier molecular flexibility index (Phi) is 7.60. The molecule has 2 aromatic carbocycles. The third kappa shape index (κ3) is 5.78. The zero-order valence-electron chi connectivity index (χ0n) is 22.4. The molecule has 9 heteroatoms. The molecule has 1 N–H and O–H groups in total. The zero-order chi connectivity index (χ0) is 27.5. The Labute approximate surface area is 226 Å². The average molecular weight is 530 g/mol. The second-order valence-electron chi connectivity index (χ2n) is 10.1. The van der Waals surface area contributed by atoms with Crippen molar-refractivity contribution in [2.75, 3.05) is 27.2 Å². The maximum atomic E-state index is 14.5. The van der Waals surface area contributed by atoms with Crippen molar-refractivity contribution in [3.8, 4) is 5.75 Å². The van der Waals surface area contributed by atoms with Crippen molar-refractivity contribution in [1.82, 2.24) is 24.6 Å². The number of hydrogen-bond donors (Lipinski definition) is 1. The first kappa shape index (κ1) is 26.4. The van der Waals surface area contributed by atoms with Crippen molar-refractivity contribution in [3.63, 3.8) is 0 Å². The molecule has 1 aliphatic rings. The maximum absolute atomic E-state index is 14.5. The van der Waals surface area contributed by atoms with Gasteiger partial charge in [-0.05, 0) is 48.9 Å². The second-order valence-corrected chi connectivity index (χ2v) is 10.1. The number of methoxy groups -OCH3 is 1. The van der Waals surface area contributed by atoms with Crippen LogP contribution in [-0.4, -0.2) is 52.4 Å². The highest BCUT2D eigenvalue weighted by molar-refractivity contribution is 5.95. The number of benzene rings is 2. The molecular weight excluding hydrogens is 497 g/mol. The van der Waals surface area contributed by atoms with Gasteiger partial charge < -0.3 is 19.5 Å². The molecule has 0 aliphatic carbocycles. The van der Waals surface area contributed by atoms with Gasteiger partial charge in [-0.3, -0.25) is 14.3 Å². The predicted octanol–water partition coefficient (Wildman–Crippen LogP) is 3.56. The molecule has 39 heavy (non-hydrogen) atoms. The van der Waals surface area contributed by atoms with Crippen molar-refractivity contribution in [1.29, 1.82) is 0 Å². The number of amides is 1. The highest BCUT2D eigenvalue weighted by atomic mass is 19.1. The number of hydrogen-bond acceptors (Lipinski definition) is 5. The van der Waals surface area contributed by atoms with Crippen molar-refractivity contribution < 1.29 is 13.9 Å². The van der Waals surface area contributed by atoms with E-state index in [0.717, 1.165) is 29.9 Å². The number of likely N-dealkylation sites (tertiary alicyclic amines) is 1. The number of ether oxygens (including phenoxy) is 1. The summed E-state index contributed by atoms with van der Waals surface area (Å²) < 4.78 is 23.3. The molecule has 1 aliphatic heterocycles. The molecule has 5 rings (SSSR count). The van der Waals surface area contributed by atoms with Crippen LogP contribution >= 0.6 is 0 Å². The lowest BCUT2D eigenvalue weighted by Gasteiger charge is -2.35. The Bertz CT molecular complexity index is 1540. The number of carbonyl (C=O) groups excluding carboxylic acids is 1. The smallest absolute Gasteiger partial charge is 0.255 e. The van der Waals surface area contributed by atoms with Gasteiger partial charge in [-0.2, -0.15) is 5.10 Å². The van der Waals surface area contributed by atoms with Crippen molar-refractivity contribution >= 4 is 5.91 Å². The summed E-state index contributed by atoms with van der Waals surface area (Å²) in [6.45, 7) is 4.48. The minimum absolute atomic E-state index is 0.0395. The molecule has 8 nitrogen and oxygen atoms in total. The first-order chi connectivity index (χ1) is 18.8. The molecule has 0 bridgehead atoms. The SMILES string of the molecule is COc1ccc(F)c(CNC(=O)c2cn(Cc3ccc(Cn4ccccc4=O)cc3)nc2C2CN(C)C2)c1C. The van der Waals surface area contributed by atoms with Gasteiger partial charge in [0.1, 0.15) is 11.6 Å². The lowest BCUT2D eigenvalue weighted by molar-refractivity contribution is 0.0946. The number of rotatable bonds is 9. The second kappa shape index (κ2) is 11.2. The first-order valence-corrected chi connectivity index (χ1v) is 12.9. The monoisotopic (exact) mass is 529 g/mol. The van der Waals surface area contributed by atoms with Crippen LogP contribution in [0.2, 0.25) is 0 Å². The molecule has 0 spiro atoms. The van der Waals surface area contributed by atoms with Crippen LogP contribution < -0.4 is 15.6 Å². The zero-order valence-corrected chi connectivity index (χ0v) is 22.4. The van der Waals surface area contributed by atoms with E-state index in [0.29, 0.717) is 35.5 Å². The summed E-state index contributed by atoms with van der Waals surface area (Å²) in [6, 6.07) is 16.1. The van der Waals surface area contributed by atoms with Gasteiger partial charge >= 0.3 is 0 Å². The van der Waals surface area contributed by atoms with E-state index in [4.69, 9.17) is 9.84 Å². The molecule has 4 aromatic rings. The highest BCUT2D eigenvalue weighted by Gasteiger charge is 2.31. The number of likely N-dealkylation sites (N-methyl/N-ethyl adjacent to an activating group) is 1. The summed E-state index contributed by atoms with van der Waals surface area (Å²) in [4.78, 5) is 27.5. The van der Waals surface area contributed by atoms with Crippen molar-refractivity contribution in [3.05, 3.63) is 117 Å². The Morgan fingerprint density at radius 3 is 2.46 bits per heavy atom. The standard InChI is InChI=1S/C30H32FN5O3/c1-20-24(26(31)11-12-27(20)39-3)14-32-30(38)25-19-36(33-29(25)23-17-34(2)18-23)16-22-9-7-21(8-10-22)15-35-13-5-4-6-28(35)37/h4-13,19,23H,14-18H2,1-3H3,(H,32,38). The fourth-order valence-electron chi connectivity index (χ4n) is 5.00. The Morgan fingerprint density at radius 2 is 1.79 bits per heavy atom. The van der Waals surface area contributed by atoms with Crippen LogP contribution in [0, 0.1) is 12.7 Å². The van der Waals surface area contributed by atoms with E-state index in [1.165, 1.54) is 13.2 Å². The molecular formula is C30H32FN5O3. The Hall–Kier alpha value is -4.24. The van der Waals surface area contributed by atoms with Crippen LogP contribution in [0.4, 0.5) is 4.39 Å². The van der Waals surface area contributed by atoms with Crippen LogP contribution in [-0.2, 0) is 19.6 Å². The number of nitrogens with one attached hydrogen (secondary N) is 1. The van der Waals surface area contributed by atoms with Gasteiger partial charge in [0.15, 0.2) is 0 Å². The minimum atomic E-state index is -0.384. The van der Waals surface area contributed by atoms with Gasteiger partial charge in [0.25, 0.3) is 11.5 Å². The number of aromatic nitrogens is 3. The fraction of sp³-hybridized carbons (Fsp3) is 0.300. The quantitative estimate of drug-likeness (QED) is 0.359. The molecule has 3 heterocycles. The van der Waals surface area contributed by atoms with Gasteiger partial charge in [-0.15, -0.1) is 0 Å². The summed E-state index contributed by atoms with van der Waals surface area (Å²) in [5.74, 6) is 0.0779. The van der Waals surface area contributed by atoms with E-state index < -0.39 is 0 Å². The number of nitrogens with zero attached hydrogens (tertiary/aromatic N) is 4. The molecule has 0 radical (unpaired) electrons. The van der Waals surface area contributed by atoms with E-state index in [1.807, 2.05) is 37.4 Å². The Morgan fingerprint density at radius 1 is 1.08 bits per heavy atom. The van der Waals surface area contributed by atoms with Gasteiger partial charge in [-0.25, -0.2) is 4.39 Å². The number of carbonyl (C=O) groups is 1. The van der Waals surface area contributed by atoms with Crippen LogP contribution in [0.5, 0.6) is 5.75 Å². The molecule has 202 valence electrons. The van der Waals surface area contributed by atoms with Crippen LogP contribution in [0.15, 0.2) is 71.8 Å². The molecule has 0 unspecified atom stereocenters. The van der Waals surface area contributed by atoms with Crippen molar-refractivity contribution in [2.24, 2.45) is 0 Å². The highest BCUT2D eigenvalue weighted by Crippen LogP contribution is 2.28. The van der Waals surface area contributed by atoms with E-state index in [2.05, 4.69) is 10.2 Å². The topological polar surface area (TPSA) is 81.4 Å². The summed E-state index contributed by atoms with van der Waals surface area (Å²) in [7, 11) is 3.57. The third-order valence-corrected chi connectivity index (χ3v) is 7.24. The van der Waals surface area contributed by atoms with Gasteiger partial charge in [-0.1, -0.05) is 30.3 Å². The maximum Gasteiger partial charge on any atom is 0.255 e. The van der Waals surface area contributed by atoms with Crippen LogP contribution in [0.1, 0.15) is 44.2 Å². The van der Waals surface area contributed by atoms with E-state index in [1.54, 1.807) is 46.8 Å². The van der Waals surface area contributed by atoms with Gasteiger partial charge in [0.05, 0.1) is 31.5 Å². The van der Waals surface area contributed by atoms with E-state index >= 15 is 0 Å². The summed E-state index contributed by atoms with van der Waals surface area (Å²) in [5.41, 5.74) is 4.34. The van der Waals surface area contributed by atoms with Crippen LogP contribution in [0.3, 0.4) is 0 Å². The molecule has 2 aromatic heterocycles. The summed E-state index contributed by atoms with van der Waals surface area (Å²) in [6.07, 6.45) is 3.55. The van der Waals surface area contributed by atoms with E-state index in [9.17, 15) is 14.0 Å². The average Bonchev–Trinajstić information content (AvgIpc) is 3.32. The van der Waals surface area contributed by atoms with E-state index in [-0.39, 0.29) is 29.7 Å². The predicted molar refractivity (Wildman–Crippen MR) is 147 cm³/mol. The molecule has 1 amide bonds. The lowest BCUT2D eigenvalue weighted by Crippen LogP contribution is -2.42. The molecule has 1 fully saturated rings. The van der Waals surface area contributed by atoms with Crippen LogP contribution in [0.25, 0.3) is 0 Å². The normalized spacial score (nSPS) is 13.7. The third-order valence-electron chi connectivity index (χ3n) is 7.24. The minimum Gasteiger partial charge on any atom is -0.496 e. The van der Waals surface area contributed by atoms with Gasteiger partial charge in [0, 0.05) is 49.6 Å². The Balaban J connectivity index is 1.32. The molecule has 1 saturated heterocycles. The van der Waals surface area contributed by atoms with Gasteiger partial charge in [0.2, 0.25) is 0 Å². The molecule has 0 atom stereocenters.